The highest BCUT2D eigenvalue weighted by molar-refractivity contribution is 6.42. The van der Waals surface area contributed by atoms with Gasteiger partial charge in [-0.25, -0.2) is 9.48 Å². The number of aromatic nitrogens is 3. The fourth-order valence-electron chi connectivity index (χ4n) is 2.31. The van der Waals surface area contributed by atoms with Crippen molar-refractivity contribution in [1.29, 1.82) is 0 Å². The zero-order chi connectivity index (χ0) is 16.7. The van der Waals surface area contributed by atoms with Crippen LogP contribution in [0.15, 0.2) is 35.1 Å². The van der Waals surface area contributed by atoms with Gasteiger partial charge in [0.15, 0.2) is 16.5 Å². The number of ether oxygens (including phenoxy) is 3. The largest absolute Gasteiger partial charge is 0.454 e. The van der Waals surface area contributed by atoms with E-state index in [1.54, 1.807) is 23.0 Å². The molecule has 3 heterocycles. The van der Waals surface area contributed by atoms with E-state index >= 15 is 0 Å². The van der Waals surface area contributed by atoms with Crippen molar-refractivity contribution >= 4 is 17.6 Å². The third-order valence-corrected chi connectivity index (χ3v) is 3.86. The number of rotatable bonds is 4. The lowest BCUT2D eigenvalue weighted by Crippen LogP contribution is -2.22. The molecule has 0 fully saturated rings. The van der Waals surface area contributed by atoms with Crippen LogP contribution in [0.25, 0.3) is 5.69 Å². The highest BCUT2D eigenvalue weighted by Crippen LogP contribution is 2.33. The Bertz CT molecular complexity index is 849. The monoisotopic (exact) mass is 350 g/mol. The van der Waals surface area contributed by atoms with Crippen molar-refractivity contribution in [2.45, 2.75) is 12.8 Å². The fourth-order valence-corrected chi connectivity index (χ4v) is 2.52. The third kappa shape index (κ3) is 2.53. The molecule has 2 aromatic rings. The van der Waals surface area contributed by atoms with Gasteiger partial charge in [0.05, 0.1) is 18.4 Å². The summed E-state index contributed by atoms with van der Waals surface area (Å²) in [6.07, 6.45) is 0.303. The number of carbonyl (C=O) groups is 1. The Morgan fingerprint density at radius 1 is 1.38 bits per heavy atom. The van der Waals surface area contributed by atoms with Gasteiger partial charge < -0.3 is 24.6 Å². The van der Waals surface area contributed by atoms with Crippen molar-refractivity contribution in [3.8, 4) is 17.2 Å². The van der Waals surface area contributed by atoms with Gasteiger partial charge in [-0.3, -0.25) is 0 Å². The summed E-state index contributed by atoms with van der Waals surface area (Å²) in [5, 5.41) is 20.3. The predicted molar refractivity (Wildman–Crippen MR) is 79.3 cm³/mol. The standard InChI is InChI=1S/C14H11ClN4O5/c15-11-12(14(21)24-13(11)20)16-4-7-5-19(18-17-7)8-1-2-9-10(3-8)23-6-22-9/h1-3,5,14,16,21H,4,6H2. The molecule has 0 radical (unpaired) electrons. The number of benzene rings is 1. The van der Waals surface area contributed by atoms with Crippen LogP contribution >= 0.6 is 11.6 Å². The molecule has 2 aliphatic heterocycles. The molecule has 0 amide bonds. The zero-order valence-corrected chi connectivity index (χ0v) is 12.9. The summed E-state index contributed by atoms with van der Waals surface area (Å²) >= 11 is 5.76. The smallest absolute Gasteiger partial charge is 0.354 e. The number of fused-ring (bicyclic) bond motifs is 1. The third-order valence-electron chi connectivity index (χ3n) is 3.50. The van der Waals surface area contributed by atoms with Crippen LogP contribution in [0, 0.1) is 0 Å². The summed E-state index contributed by atoms with van der Waals surface area (Å²) in [5.74, 6) is 0.558. The second-order valence-corrected chi connectivity index (χ2v) is 5.41. The molecule has 124 valence electrons. The van der Waals surface area contributed by atoms with Crippen molar-refractivity contribution < 1.29 is 24.1 Å². The predicted octanol–water partition coefficient (Wildman–Crippen LogP) is 0.411. The Kier molecular flexibility index (Phi) is 3.51. The molecule has 2 N–H and O–H groups in total. The Balaban J connectivity index is 1.48. The first-order chi connectivity index (χ1) is 11.6. The minimum atomic E-state index is -1.39. The minimum absolute atomic E-state index is 0.110. The minimum Gasteiger partial charge on any atom is -0.454 e. The van der Waals surface area contributed by atoms with E-state index in [1.807, 2.05) is 6.07 Å². The van der Waals surface area contributed by atoms with Crippen LogP contribution in [0.5, 0.6) is 11.5 Å². The molecule has 1 aromatic carbocycles. The Labute approximate surface area is 140 Å². The van der Waals surface area contributed by atoms with E-state index < -0.39 is 12.3 Å². The maximum absolute atomic E-state index is 11.2. The van der Waals surface area contributed by atoms with Gasteiger partial charge in [0.25, 0.3) is 0 Å². The van der Waals surface area contributed by atoms with Crippen LogP contribution in [0.3, 0.4) is 0 Å². The highest BCUT2D eigenvalue weighted by Gasteiger charge is 2.31. The molecule has 10 heteroatoms. The topological polar surface area (TPSA) is 108 Å². The van der Waals surface area contributed by atoms with Gasteiger partial charge in [0, 0.05) is 6.07 Å². The summed E-state index contributed by atoms with van der Waals surface area (Å²) < 4.78 is 16.7. The van der Waals surface area contributed by atoms with Crippen LogP contribution in [0.1, 0.15) is 5.69 Å². The molecule has 4 rings (SSSR count). The number of nitrogens with one attached hydrogen (secondary N) is 1. The van der Waals surface area contributed by atoms with E-state index in [4.69, 9.17) is 21.1 Å². The molecule has 0 spiro atoms. The van der Waals surface area contributed by atoms with Gasteiger partial charge in [-0.2, -0.15) is 0 Å². The summed E-state index contributed by atoms with van der Waals surface area (Å²) in [6, 6.07) is 5.41. The number of carbonyl (C=O) groups excluding carboxylic acids is 1. The molecule has 1 unspecified atom stereocenters. The summed E-state index contributed by atoms with van der Waals surface area (Å²) in [5.41, 5.74) is 1.45. The molecule has 0 bridgehead atoms. The van der Waals surface area contributed by atoms with Gasteiger partial charge in [0.2, 0.25) is 13.1 Å². The fraction of sp³-hybridized carbons (Fsp3) is 0.214. The molecule has 2 aliphatic rings. The van der Waals surface area contributed by atoms with E-state index in [1.165, 1.54) is 0 Å². The van der Waals surface area contributed by atoms with Crippen molar-refractivity contribution in [1.82, 2.24) is 20.3 Å². The number of hydrogen-bond donors (Lipinski definition) is 2. The molecular weight excluding hydrogens is 340 g/mol. The second-order valence-electron chi connectivity index (χ2n) is 5.03. The first kappa shape index (κ1) is 14.8. The van der Waals surface area contributed by atoms with Crippen LogP contribution < -0.4 is 14.8 Å². The van der Waals surface area contributed by atoms with E-state index in [0.29, 0.717) is 17.2 Å². The van der Waals surface area contributed by atoms with E-state index in [2.05, 4.69) is 20.4 Å². The number of halogens is 1. The summed E-state index contributed by atoms with van der Waals surface area (Å²) in [4.78, 5) is 11.2. The average Bonchev–Trinajstić information content (AvgIpc) is 3.27. The molecular formula is C14H11ClN4O5. The molecule has 24 heavy (non-hydrogen) atoms. The number of hydrogen-bond acceptors (Lipinski definition) is 8. The van der Waals surface area contributed by atoms with Crippen molar-refractivity contribution in [2.24, 2.45) is 0 Å². The SMILES string of the molecule is O=C1OC(O)C(NCc2cn(-c3ccc4c(c3)OCO4)nn2)=C1Cl. The lowest BCUT2D eigenvalue weighted by Gasteiger charge is -2.08. The van der Waals surface area contributed by atoms with E-state index in [0.717, 1.165) is 5.69 Å². The van der Waals surface area contributed by atoms with Crippen LogP contribution in [0.2, 0.25) is 0 Å². The van der Waals surface area contributed by atoms with Crippen LogP contribution in [-0.2, 0) is 16.1 Å². The Morgan fingerprint density at radius 3 is 3.00 bits per heavy atom. The molecule has 9 nitrogen and oxygen atoms in total. The first-order valence-corrected chi connectivity index (χ1v) is 7.33. The van der Waals surface area contributed by atoms with Gasteiger partial charge in [-0.05, 0) is 12.1 Å². The van der Waals surface area contributed by atoms with Crippen molar-refractivity contribution in [2.75, 3.05) is 6.79 Å². The number of aliphatic hydroxyl groups excluding tert-OH is 1. The Hall–Kier alpha value is -2.78. The normalized spacial score (nSPS) is 18.9. The maximum atomic E-state index is 11.2. The van der Waals surface area contributed by atoms with Gasteiger partial charge in [-0.15, -0.1) is 5.10 Å². The molecule has 0 aliphatic carbocycles. The average molecular weight is 351 g/mol. The number of esters is 1. The quantitative estimate of drug-likeness (QED) is 0.763. The second kappa shape index (κ2) is 5.69. The van der Waals surface area contributed by atoms with Crippen molar-refractivity contribution in [3.63, 3.8) is 0 Å². The summed E-state index contributed by atoms with van der Waals surface area (Å²) in [7, 11) is 0. The zero-order valence-electron chi connectivity index (χ0n) is 12.1. The number of nitrogens with zero attached hydrogens (tertiary/aromatic N) is 3. The lowest BCUT2D eigenvalue weighted by molar-refractivity contribution is -0.151. The van der Waals surface area contributed by atoms with Gasteiger partial charge in [-0.1, -0.05) is 16.8 Å². The van der Waals surface area contributed by atoms with Crippen LogP contribution in [-0.4, -0.2) is 39.2 Å². The molecule has 1 atom stereocenters. The molecule has 0 saturated heterocycles. The number of cyclic esters (lactones) is 1. The molecule has 1 aromatic heterocycles. The summed E-state index contributed by atoms with van der Waals surface area (Å²) in [6.45, 7) is 0.411. The van der Waals surface area contributed by atoms with E-state index in [-0.39, 0.29) is 24.1 Å². The molecule has 0 saturated carbocycles. The van der Waals surface area contributed by atoms with E-state index in [9.17, 15) is 9.90 Å². The van der Waals surface area contributed by atoms with Gasteiger partial charge >= 0.3 is 5.97 Å². The van der Waals surface area contributed by atoms with Gasteiger partial charge in [0.1, 0.15) is 11.4 Å². The first-order valence-electron chi connectivity index (χ1n) is 6.95. The van der Waals surface area contributed by atoms with Crippen LogP contribution in [0.4, 0.5) is 0 Å². The maximum Gasteiger partial charge on any atom is 0.354 e. The lowest BCUT2D eigenvalue weighted by atomic mass is 10.3. The number of aliphatic hydroxyl groups is 1. The Morgan fingerprint density at radius 2 is 2.21 bits per heavy atom. The van der Waals surface area contributed by atoms with Crippen molar-refractivity contribution in [3.05, 3.63) is 40.8 Å². The highest BCUT2D eigenvalue weighted by atomic mass is 35.5.